The second kappa shape index (κ2) is 10.2. The molecule has 0 aliphatic carbocycles. The number of carbonyl (C=O) groups is 2. The van der Waals surface area contributed by atoms with E-state index in [-0.39, 0.29) is 11.8 Å². The highest BCUT2D eigenvalue weighted by Crippen LogP contribution is 2.20. The number of benzene rings is 2. The topological polar surface area (TPSA) is 76.7 Å². The molecule has 0 saturated carbocycles. The Morgan fingerprint density at radius 2 is 1.54 bits per heavy atom. The van der Waals surface area contributed by atoms with Crippen LogP contribution in [0.1, 0.15) is 30.6 Å². The molecular formula is C20H24N2O4. The lowest BCUT2D eigenvalue weighted by Gasteiger charge is -2.12. The molecule has 2 amide bonds. The van der Waals surface area contributed by atoms with E-state index >= 15 is 0 Å². The summed E-state index contributed by atoms with van der Waals surface area (Å²) < 4.78 is 10.9. The van der Waals surface area contributed by atoms with Gasteiger partial charge in [-0.2, -0.15) is 0 Å². The van der Waals surface area contributed by atoms with Gasteiger partial charge in [0, 0.05) is 24.4 Å². The van der Waals surface area contributed by atoms with Crippen LogP contribution in [-0.2, 0) is 9.53 Å². The van der Waals surface area contributed by atoms with E-state index in [1.807, 2.05) is 13.0 Å². The predicted octanol–water partition coefficient (Wildman–Crippen LogP) is 3.70. The van der Waals surface area contributed by atoms with Crippen molar-refractivity contribution in [1.29, 1.82) is 0 Å². The number of anilines is 2. The fraction of sp³-hybridized carbons (Fsp3) is 0.300. The summed E-state index contributed by atoms with van der Waals surface area (Å²) in [7, 11) is 0. The highest BCUT2D eigenvalue weighted by molar-refractivity contribution is 6.06. The van der Waals surface area contributed by atoms with Crippen molar-refractivity contribution in [3.63, 3.8) is 0 Å². The first-order chi connectivity index (χ1) is 12.6. The number of para-hydroxylation sites is 1. The molecule has 0 radical (unpaired) electrons. The molecule has 138 valence electrons. The molecule has 0 heterocycles. The predicted molar refractivity (Wildman–Crippen MR) is 102 cm³/mol. The zero-order chi connectivity index (χ0) is 18.8. The highest BCUT2D eigenvalue weighted by Gasteiger charge is 2.12. The normalized spacial score (nSPS) is 10.2. The number of nitrogens with one attached hydrogen (secondary N) is 2. The van der Waals surface area contributed by atoms with Gasteiger partial charge >= 0.3 is 0 Å². The minimum Gasteiger partial charge on any atom is -0.490 e. The SMILES string of the molecule is CCOCCOc1ccccc1C(=O)Nc1ccc(NC(=O)CC)cc1. The van der Waals surface area contributed by atoms with Gasteiger partial charge in [-0.05, 0) is 43.3 Å². The van der Waals surface area contributed by atoms with Gasteiger partial charge in [0.05, 0.1) is 12.2 Å². The maximum Gasteiger partial charge on any atom is 0.259 e. The van der Waals surface area contributed by atoms with Crippen molar-refractivity contribution in [2.24, 2.45) is 0 Å². The molecule has 0 spiro atoms. The van der Waals surface area contributed by atoms with Gasteiger partial charge in [0.15, 0.2) is 0 Å². The summed E-state index contributed by atoms with van der Waals surface area (Å²) in [6.45, 7) is 5.18. The zero-order valence-corrected chi connectivity index (χ0v) is 15.1. The van der Waals surface area contributed by atoms with E-state index in [2.05, 4.69) is 10.6 Å². The van der Waals surface area contributed by atoms with Crippen LogP contribution in [0.3, 0.4) is 0 Å². The Kier molecular flexibility index (Phi) is 7.64. The molecule has 2 aromatic carbocycles. The van der Waals surface area contributed by atoms with Crippen LogP contribution in [0.25, 0.3) is 0 Å². The Bertz CT molecular complexity index is 729. The van der Waals surface area contributed by atoms with Crippen LogP contribution >= 0.6 is 0 Å². The number of hydrogen-bond donors (Lipinski definition) is 2. The van der Waals surface area contributed by atoms with Crippen LogP contribution in [0.4, 0.5) is 11.4 Å². The second-order valence-corrected chi connectivity index (χ2v) is 5.47. The molecule has 0 saturated heterocycles. The summed E-state index contributed by atoms with van der Waals surface area (Å²) in [5.74, 6) is 0.193. The highest BCUT2D eigenvalue weighted by atomic mass is 16.5. The monoisotopic (exact) mass is 356 g/mol. The quantitative estimate of drug-likeness (QED) is 0.672. The Hall–Kier alpha value is -2.86. The van der Waals surface area contributed by atoms with Crippen LogP contribution in [0.5, 0.6) is 5.75 Å². The Balaban J connectivity index is 2.00. The van der Waals surface area contributed by atoms with Gasteiger partial charge in [0.1, 0.15) is 12.4 Å². The van der Waals surface area contributed by atoms with Gasteiger partial charge in [-0.3, -0.25) is 9.59 Å². The van der Waals surface area contributed by atoms with E-state index < -0.39 is 0 Å². The maximum absolute atomic E-state index is 12.5. The largest absolute Gasteiger partial charge is 0.490 e. The summed E-state index contributed by atoms with van der Waals surface area (Å²) >= 11 is 0. The van der Waals surface area contributed by atoms with E-state index in [1.54, 1.807) is 49.4 Å². The molecule has 0 aliphatic rings. The molecule has 6 nitrogen and oxygen atoms in total. The summed E-state index contributed by atoms with van der Waals surface area (Å²) in [6.07, 6.45) is 0.415. The number of hydrogen-bond acceptors (Lipinski definition) is 4. The molecule has 0 fully saturated rings. The molecule has 0 aromatic heterocycles. The molecule has 0 unspecified atom stereocenters. The van der Waals surface area contributed by atoms with Gasteiger partial charge < -0.3 is 20.1 Å². The van der Waals surface area contributed by atoms with E-state index in [0.717, 1.165) is 0 Å². The molecule has 0 aliphatic heterocycles. The number of carbonyl (C=O) groups excluding carboxylic acids is 2. The molecule has 2 aromatic rings. The van der Waals surface area contributed by atoms with Crippen molar-refractivity contribution in [3.8, 4) is 5.75 Å². The third-order valence-corrected chi connectivity index (χ3v) is 3.57. The van der Waals surface area contributed by atoms with E-state index in [1.165, 1.54) is 0 Å². The molecule has 0 bridgehead atoms. The van der Waals surface area contributed by atoms with Crippen LogP contribution in [-0.4, -0.2) is 31.6 Å². The van der Waals surface area contributed by atoms with Gasteiger partial charge in [-0.15, -0.1) is 0 Å². The Labute approximate surface area is 153 Å². The fourth-order valence-corrected chi connectivity index (χ4v) is 2.22. The number of rotatable bonds is 9. The van der Waals surface area contributed by atoms with Crippen LogP contribution < -0.4 is 15.4 Å². The van der Waals surface area contributed by atoms with Gasteiger partial charge in [0.2, 0.25) is 5.91 Å². The van der Waals surface area contributed by atoms with Crippen LogP contribution in [0.15, 0.2) is 48.5 Å². The second-order valence-electron chi connectivity index (χ2n) is 5.47. The van der Waals surface area contributed by atoms with Gasteiger partial charge in [-0.25, -0.2) is 0 Å². The molecular weight excluding hydrogens is 332 g/mol. The number of ether oxygens (including phenoxy) is 2. The van der Waals surface area contributed by atoms with Crippen molar-refractivity contribution in [1.82, 2.24) is 0 Å². The average molecular weight is 356 g/mol. The lowest BCUT2D eigenvalue weighted by molar-refractivity contribution is -0.115. The first-order valence-corrected chi connectivity index (χ1v) is 8.64. The lowest BCUT2D eigenvalue weighted by Crippen LogP contribution is -2.15. The van der Waals surface area contributed by atoms with Crippen LogP contribution in [0.2, 0.25) is 0 Å². The fourth-order valence-electron chi connectivity index (χ4n) is 2.22. The lowest BCUT2D eigenvalue weighted by atomic mass is 10.2. The summed E-state index contributed by atoms with van der Waals surface area (Å²) in [4.78, 5) is 23.9. The minimum absolute atomic E-state index is 0.0556. The van der Waals surface area contributed by atoms with Crippen molar-refractivity contribution in [3.05, 3.63) is 54.1 Å². The maximum atomic E-state index is 12.5. The first-order valence-electron chi connectivity index (χ1n) is 8.64. The van der Waals surface area contributed by atoms with Gasteiger partial charge in [-0.1, -0.05) is 19.1 Å². The standard InChI is InChI=1S/C20H24N2O4/c1-3-19(23)21-15-9-11-16(12-10-15)22-20(24)17-7-5-6-8-18(17)26-14-13-25-4-2/h5-12H,3-4,13-14H2,1-2H3,(H,21,23)(H,22,24). The first kappa shape index (κ1) is 19.5. The summed E-state index contributed by atoms with van der Waals surface area (Å²) in [5, 5.41) is 5.59. The molecule has 26 heavy (non-hydrogen) atoms. The summed E-state index contributed by atoms with van der Waals surface area (Å²) in [6, 6.07) is 14.0. The molecule has 2 rings (SSSR count). The van der Waals surface area contributed by atoms with Crippen molar-refractivity contribution >= 4 is 23.2 Å². The van der Waals surface area contributed by atoms with Crippen molar-refractivity contribution in [2.75, 3.05) is 30.5 Å². The van der Waals surface area contributed by atoms with E-state index in [9.17, 15) is 9.59 Å². The number of amides is 2. The average Bonchev–Trinajstić information content (AvgIpc) is 2.67. The Morgan fingerprint density at radius 3 is 2.19 bits per heavy atom. The van der Waals surface area contributed by atoms with Crippen molar-refractivity contribution < 1.29 is 19.1 Å². The Morgan fingerprint density at radius 1 is 0.885 bits per heavy atom. The summed E-state index contributed by atoms with van der Waals surface area (Å²) in [5.41, 5.74) is 1.77. The third kappa shape index (κ3) is 5.89. The van der Waals surface area contributed by atoms with E-state index in [4.69, 9.17) is 9.47 Å². The van der Waals surface area contributed by atoms with Gasteiger partial charge in [0.25, 0.3) is 5.91 Å². The molecule has 2 N–H and O–H groups in total. The van der Waals surface area contributed by atoms with Crippen LogP contribution in [0, 0.1) is 0 Å². The van der Waals surface area contributed by atoms with Crippen molar-refractivity contribution in [2.45, 2.75) is 20.3 Å². The molecule has 0 atom stereocenters. The zero-order valence-electron chi connectivity index (χ0n) is 15.1. The minimum atomic E-state index is -0.262. The van der Waals surface area contributed by atoms with E-state index in [0.29, 0.717) is 48.9 Å². The third-order valence-electron chi connectivity index (χ3n) is 3.57. The molecule has 6 heteroatoms. The smallest absolute Gasteiger partial charge is 0.259 e.